The van der Waals surface area contributed by atoms with Crippen molar-refractivity contribution in [2.24, 2.45) is 0 Å². The van der Waals surface area contributed by atoms with Gasteiger partial charge in [-0.05, 0) is 42.5 Å². The third kappa shape index (κ3) is 5.15. The minimum atomic E-state index is -4.57. The Kier molecular flexibility index (Phi) is 7.19. The molecule has 0 saturated carbocycles. The highest BCUT2D eigenvalue weighted by molar-refractivity contribution is 5.97. The van der Waals surface area contributed by atoms with Crippen LogP contribution in [0.4, 0.5) is 13.2 Å². The van der Waals surface area contributed by atoms with Crippen LogP contribution in [0.2, 0.25) is 0 Å². The van der Waals surface area contributed by atoms with Crippen molar-refractivity contribution in [3.05, 3.63) is 101 Å². The first-order valence-electron chi connectivity index (χ1n) is 12.2. The Morgan fingerprint density at radius 1 is 1.05 bits per heavy atom. The van der Waals surface area contributed by atoms with Gasteiger partial charge in [-0.3, -0.25) is 9.59 Å². The number of hydrogen-bond donors (Lipinski definition) is 3. The molecule has 4 unspecified atom stereocenters. The molecule has 204 valence electrons. The molecule has 0 radical (unpaired) electrons. The quantitative estimate of drug-likeness (QED) is 0.423. The van der Waals surface area contributed by atoms with E-state index in [2.05, 4.69) is 5.32 Å². The minimum Gasteiger partial charge on any atom is -0.486 e. The summed E-state index contributed by atoms with van der Waals surface area (Å²) in [7, 11) is 0. The second-order valence-electron chi connectivity index (χ2n) is 9.32. The number of nitrogens with one attached hydrogen (secondary N) is 1. The molecule has 0 spiro atoms. The van der Waals surface area contributed by atoms with Gasteiger partial charge in [0.1, 0.15) is 18.0 Å². The number of carbonyl (C=O) groups excluding carboxylic acids is 2. The first-order chi connectivity index (χ1) is 18.7. The molecule has 11 heteroatoms. The van der Waals surface area contributed by atoms with E-state index in [1.165, 1.54) is 23.5 Å². The first kappa shape index (κ1) is 26.5. The molecular weight excluding hydrogens is 517 g/mol. The zero-order chi connectivity index (χ0) is 27.7. The molecule has 3 N–H and O–H groups in total. The maximum absolute atomic E-state index is 13.7. The van der Waals surface area contributed by atoms with Crippen molar-refractivity contribution in [3.63, 3.8) is 0 Å². The summed E-state index contributed by atoms with van der Waals surface area (Å²) >= 11 is 0. The lowest BCUT2D eigenvalue weighted by atomic mass is 9.77. The number of halogens is 3. The lowest BCUT2D eigenvalue weighted by Gasteiger charge is -2.40. The zero-order valence-corrected chi connectivity index (χ0v) is 20.5. The normalized spacial score (nSPS) is 21.8. The van der Waals surface area contributed by atoms with Gasteiger partial charge in [0.05, 0.1) is 36.7 Å². The number of fused-ring (bicyclic) bond motifs is 3. The van der Waals surface area contributed by atoms with Crippen LogP contribution in [0.1, 0.15) is 33.0 Å². The highest BCUT2D eigenvalue weighted by atomic mass is 19.4. The Morgan fingerprint density at radius 3 is 2.46 bits per heavy atom. The molecule has 0 fully saturated rings. The van der Waals surface area contributed by atoms with Crippen LogP contribution in [0.3, 0.4) is 0 Å². The topological polar surface area (TPSA) is 112 Å². The number of hydrogen-bond acceptors (Lipinski definition) is 6. The molecule has 1 aromatic heterocycles. The Labute approximate surface area is 221 Å². The number of benzene rings is 2. The van der Waals surface area contributed by atoms with E-state index in [9.17, 15) is 33.0 Å². The molecule has 4 atom stereocenters. The van der Waals surface area contributed by atoms with Crippen LogP contribution in [0, 0.1) is 0 Å². The molecular formula is C28H25F3N2O6. The Hall–Kier alpha value is -4.09. The van der Waals surface area contributed by atoms with Gasteiger partial charge in [-0.25, -0.2) is 0 Å². The van der Waals surface area contributed by atoms with Crippen molar-refractivity contribution < 1.29 is 42.1 Å². The van der Waals surface area contributed by atoms with Crippen molar-refractivity contribution in [1.29, 1.82) is 0 Å². The predicted octanol–water partition coefficient (Wildman–Crippen LogP) is 3.26. The van der Waals surface area contributed by atoms with E-state index in [0.717, 1.165) is 24.3 Å². The number of carbonyl (C=O) groups is 2. The number of furan rings is 1. The summed E-state index contributed by atoms with van der Waals surface area (Å²) in [5.74, 6) is -1.30. The largest absolute Gasteiger partial charge is 0.486 e. The summed E-state index contributed by atoms with van der Waals surface area (Å²) in [6.07, 6.45) is -2.47. The fourth-order valence-electron chi connectivity index (χ4n) is 5.05. The average molecular weight is 543 g/mol. The van der Waals surface area contributed by atoms with Crippen LogP contribution in [0.5, 0.6) is 5.75 Å². The summed E-state index contributed by atoms with van der Waals surface area (Å²) in [5, 5.41) is 23.4. The van der Waals surface area contributed by atoms with Gasteiger partial charge in [0.2, 0.25) is 5.91 Å². The summed E-state index contributed by atoms with van der Waals surface area (Å²) in [5.41, 5.74) is 0.573. The minimum absolute atomic E-state index is 0.00744. The van der Waals surface area contributed by atoms with Crippen LogP contribution in [-0.2, 0) is 17.5 Å². The van der Waals surface area contributed by atoms with Crippen LogP contribution >= 0.6 is 0 Å². The van der Waals surface area contributed by atoms with Crippen LogP contribution in [0.25, 0.3) is 0 Å². The number of amides is 2. The maximum atomic E-state index is 13.7. The van der Waals surface area contributed by atoms with Crippen LogP contribution < -0.4 is 10.1 Å². The number of nitrogens with zero attached hydrogens (tertiary/aromatic N) is 1. The second-order valence-corrected chi connectivity index (χ2v) is 9.32. The van der Waals surface area contributed by atoms with Gasteiger partial charge in [0.25, 0.3) is 5.91 Å². The van der Waals surface area contributed by atoms with Gasteiger partial charge in [0, 0.05) is 35.4 Å². The standard InChI is InChI=1S/C28H25F3N2O6/c29-28(30,31)18-7-5-17(6-8-18)27(37)33(14-16-9-12-38-15-16)21-13-20(26(36)32-10-11-34)23-19-3-1-2-4-22(19)39-25(23)24(21)35/h1-9,12-13,15,21,23-25,34-35H,10-11,14H2,(H,32,36). The average Bonchev–Trinajstić information content (AvgIpc) is 3.58. The second kappa shape index (κ2) is 10.6. The van der Waals surface area contributed by atoms with Crippen molar-refractivity contribution in [1.82, 2.24) is 10.2 Å². The van der Waals surface area contributed by atoms with Crippen molar-refractivity contribution >= 4 is 11.8 Å². The van der Waals surface area contributed by atoms with Gasteiger partial charge in [-0.2, -0.15) is 13.2 Å². The lowest BCUT2D eigenvalue weighted by molar-refractivity contribution is -0.137. The van der Waals surface area contributed by atoms with E-state index in [0.29, 0.717) is 16.9 Å². The summed E-state index contributed by atoms with van der Waals surface area (Å²) in [6, 6.07) is 11.4. The lowest BCUT2D eigenvalue weighted by Crippen LogP contribution is -2.55. The molecule has 3 aromatic rings. The Morgan fingerprint density at radius 2 is 1.79 bits per heavy atom. The highest BCUT2D eigenvalue weighted by Crippen LogP contribution is 2.47. The third-order valence-corrected chi connectivity index (χ3v) is 6.89. The molecule has 0 bridgehead atoms. The number of aliphatic hydroxyl groups is 2. The molecule has 39 heavy (non-hydrogen) atoms. The highest BCUT2D eigenvalue weighted by Gasteiger charge is 2.50. The maximum Gasteiger partial charge on any atom is 0.416 e. The smallest absolute Gasteiger partial charge is 0.416 e. The van der Waals surface area contributed by atoms with Gasteiger partial charge >= 0.3 is 6.18 Å². The molecule has 1 aliphatic carbocycles. The van der Waals surface area contributed by atoms with E-state index in [-0.39, 0.29) is 30.8 Å². The molecule has 2 heterocycles. The number of rotatable bonds is 7. The fourth-order valence-corrected chi connectivity index (χ4v) is 5.05. The molecule has 5 rings (SSSR count). The SMILES string of the molecule is O=C(NCCO)C1=CC(N(Cc2ccoc2)C(=O)c2ccc(C(F)(F)F)cc2)C(O)C2Oc3ccccc3C12. The molecule has 1 aliphatic heterocycles. The molecule has 8 nitrogen and oxygen atoms in total. The van der Waals surface area contributed by atoms with Gasteiger partial charge in [-0.15, -0.1) is 0 Å². The summed E-state index contributed by atoms with van der Waals surface area (Å²) < 4.78 is 50.5. The van der Waals surface area contributed by atoms with Crippen LogP contribution in [0.15, 0.2) is 83.2 Å². The predicted molar refractivity (Wildman–Crippen MR) is 132 cm³/mol. The number of ether oxygens (including phenoxy) is 1. The van der Waals surface area contributed by atoms with E-state index >= 15 is 0 Å². The summed E-state index contributed by atoms with van der Waals surface area (Å²) in [6.45, 7) is -0.359. The monoisotopic (exact) mass is 542 g/mol. The Balaban J connectivity index is 1.56. The van der Waals surface area contributed by atoms with Gasteiger partial charge < -0.3 is 29.6 Å². The van der Waals surface area contributed by atoms with Crippen LogP contribution in [-0.4, -0.2) is 58.3 Å². The van der Waals surface area contributed by atoms with Crippen molar-refractivity contribution in [3.8, 4) is 5.75 Å². The van der Waals surface area contributed by atoms with Gasteiger partial charge in [-0.1, -0.05) is 18.2 Å². The van der Waals surface area contributed by atoms with E-state index in [1.807, 2.05) is 0 Å². The number of para-hydroxylation sites is 1. The Bertz CT molecular complexity index is 1370. The number of aliphatic hydroxyl groups excluding tert-OH is 2. The summed E-state index contributed by atoms with van der Waals surface area (Å²) in [4.78, 5) is 28.2. The van der Waals surface area contributed by atoms with Gasteiger partial charge in [0.15, 0.2) is 0 Å². The van der Waals surface area contributed by atoms with Crippen molar-refractivity contribution in [2.45, 2.75) is 36.9 Å². The molecule has 2 amide bonds. The fraction of sp³-hybridized carbons (Fsp3) is 0.286. The third-order valence-electron chi connectivity index (χ3n) is 6.89. The molecule has 2 aliphatic rings. The van der Waals surface area contributed by atoms with Crippen molar-refractivity contribution in [2.75, 3.05) is 13.2 Å². The van der Waals surface area contributed by atoms with E-state index in [4.69, 9.17) is 9.15 Å². The van der Waals surface area contributed by atoms with E-state index < -0.39 is 47.7 Å². The molecule has 2 aromatic carbocycles. The number of alkyl halides is 3. The first-order valence-corrected chi connectivity index (χ1v) is 12.2. The zero-order valence-electron chi connectivity index (χ0n) is 20.5. The molecule has 0 saturated heterocycles. The van der Waals surface area contributed by atoms with E-state index in [1.54, 1.807) is 30.3 Å².